The molecule has 2 heterocycles. The van der Waals surface area contributed by atoms with E-state index in [1.165, 1.54) is 44.1 Å². The number of ether oxygens (including phenoxy) is 1. The van der Waals surface area contributed by atoms with E-state index in [4.69, 9.17) is 4.74 Å². The number of fused-ring (bicyclic) bond motifs is 5. The smallest absolute Gasteiger partial charge is 0.152 e. The first-order valence-electron chi connectivity index (χ1n) is 17.4. The minimum Gasteiger partial charge on any atom is -0.453 e. The third-order valence-corrected chi connectivity index (χ3v) is 9.98. The van der Waals surface area contributed by atoms with Crippen molar-refractivity contribution in [3.05, 3.63) is 194 Å². The van der Waals surface area contributed by atoms with Gasteiger partial charge < -0.3 is 14.2 Å². The summed E-state index contributed by atoms with van der Waals surface area (Å²) < 4.78 is 8.76. The Kier molecular flexibility index (Phi) is 6.81. The fraction of sp³-hybridized carbons (Fsp3) is 0. The van der Waals surface area contributed by atoms with Gasteiger partial charge in [-0.3, -0.25) is 0 Å². The molecule has 0 saturated carbocycles. The van der Waals surface area contributed by atoms with Gasteiger partial charge in [-0.1, -0.05) is 133 Å². The van der Waals surface area contributed by atoms with Crippen LogP contribution in [0.4, 0.5) is 17.1 Å². The average Bonchev–Trinajstić information content (AvgIpc) is 3.56. The molecule has 51 heavy (non-hydrogen) atoms. The van der Waals surface area contributed by atoms with Gasteiger partial charge in [0.15, 0.2) is 11.5 Å². The topological polar surface area (TPSA) is 17.4 Å². The zero-order valence-corrected chi connectivity index (χ0v) is 27.8. The van der Waals surface area contributed by atoms with Gasteiger partial charge >= 0.3 is 0 Å². The molecule has 8 aromatic carbocycles. The largest absolute Gasteiger partial charge is 0.453 e. The number of hydrogen-bond acceptors (Lipinski definition) is 2. The van der Waals surface area contributed by atoms with Crippen molar-refractivity contribution in [1.29, 1.82) is 0 Å². The van der Waals surface area contributed by atoms with E-state index in [1.54, 1.807) is 0 Å². The molecule has 0 aliphatic carbocycles. The Hall–Kier alpha value is -6.84. The van der Waals surface area contributed by atoms with Crippen LogP contribution < -0.4 is 9.64 Å². The van der Waals surface area contributed by atoms with Crippen LogP contribution in [0.2, 0.25) is 0 Å². The Bertz CT molecular complexity index is 2700. The molecule has 0 spiro atoms. The summed E-state index contributed by atoms with van der Waals surface area (Å²) in [7, 11) is 0. The van der Waals surface area contributed by atoms with Gasteiger partial charge in [0.2, 0.25) is 0 Å². The van der Waals surface area contributed by atoms with E-state index in [0.29, 0.717) is 0 Å². The molecule has 240 valence electrons. The molecule has 0 bridgehead atoms. The highest BCUT2D eigenvalue weighted by atomic mass is 16.5. The normalized spacial score (nSPS) is 11.7. The highest BCUT2D eigenvalue weighted by Crippen LogP contribution is 2.48. The predicted molar refractivity (Wildman–Crippen MR) is 212 cm³/mol. The van der Waals surface area contributed by atoms with E-state index in [0.717, 1.165) is 45.3 Å². The van der Waals surface area contributed by atoms with Crippen LogP contribution in [0.25, 0.3) is 60.9 Å². The molecular weight excluding hydrogens is 621 g/mol. The molecule has 1 aliphatic heterocycles. The SMILES string of the molecule is c1ccc(-c2ccc(N(c3ccccc3)c3ccc(-c4cccc5c4c4cccc6c4n5-c4ccccc4O6)cc3)c(-c3ccccc3)c2)cc1. The molecule has 9 aromatic rings. The highest BCUT2D eigenvalue weighted by Gasteiger charge is 2.25. The molecule has 0 amide bonds. The Morgan fingerprint density at radius 2 is 1.02 bits per heavy atom. The highest BCUT2D eigenvalue weighted by molar-refractivity contribution is 6.17. The van der Waals surface area contributed by atoms with Crippen LogP contribution in [-0.4, -0.2) is 4.57 Å². The lowest BCUT2D eigenvalue weighted by Crippen LogP contribution is -2.11. The lowest BCUT2D eigenvalue weighted by atomic mass is 9.96. The second kappa shape index (κ2) is 11.9. The molecule has 3 heteroatoms. The molecule has 0 unspecified atom stereocenters. The first-order valence-corrected chi connectivity index (χ1v) is 17.4. The number of aromatic nitrogens is 1. The second-order valence-electron chi connectivity index (χ2n) is 12.9. The van der Waals surface area contributed by atoms with Crippen LogP contribution in [0.15, 0.2) is 194 Å². The summed E-state index contributed by atoms with van der Waals surface area (Å²) in [5, 5.41) is 2.42. The summed E-state index contributed by atoms with van der Waals surface area (Å²) in [5.41, 5.74) is 13.8. The predicted octanol–water partition coefficient (Wildman–Crippen LogP) is 13.4. The van der Waals surface area contributed by atoms with Crippen molar-refractivity contribution in [2.24, 2.45) is 0 Å². The van der Waals surface area contributed by atoms with E-state index in [2.05, 4.69) is 191 Å². The number of rotatable bonds is 6. The molecular formula is C48H32N2O. The van der Waals surface area contributed by atoms with Gasteiger partial charge in [-0.2, -0.15) is 0 Å². The first kappa shape index (κ1) is 29.1. The maximum absolute atomic E-state index is 6.40. The van der Waals surface area contributed by atoms with Crippen molar-refractivity contribution in [3.63, 3.8) is 0 Å². The van der Waals surface area contributed by atoms with E-state index >= 15 is 0 Å². The van der Waals surface area contributed by atoms with Crippen molar-refractivity contribution in [3.8, 4) is 50.6 Å². The third-order valence-electron chi connectivity index (χ3n) is 9.98. The zero-order valence-electron chi connectivity index (χ0n) is 27.8. The molecule has 10 rings (SSSR count). The van der Waals surface area contributed by atoms with E-state index in [-0.39, 0.29) is 0 Å². The van der Waals surface area contributed by atoms with Gasteiger partial charge in [0, 0.05) is 27.7 Å². The summed E-state index contributed by atoms with van der Waals surface area (Å²) in [4.78, 5) is 2.37. The van der Waals surface area contributed by atoms with Crippen LogP contribution >= 0.6 is 0 Å². The Labute approximate surface area is 296 Å². The molecule has 3 nitrogen and oxygen atoms in total. The summed E-state index contributed by atoms with van der Waals surface area (Å²) in [6.07, 6.45) is 0. The lowest BCUT2D eigenvalue weighted by molar-refractivity contribution is 0.476. The molecule has 0 saturated heterocycles. The van der Waals surface area contributed by atoms with Crippen molar-refractivity contribution < 1.29 is 4.74 Å². The van der Waals surface area contributed by atoms with Gasteiger partial charge in [-0.05, 0) is 88.5 Å². The Morgan fingerprint density at radius 1 is 0.412 bits per heavy atom. The van der Waals surface area contributed by atoms with Crippen LogP contribution in [0.5, 0.6) is 11.5 Å². The third kappa shape index (κ3) is 4.82. The average molecular weight is 653 g/mol. The maximum Gasteiger partial charge on any atom is 0.152 e. The molecule has 0 N–H and O–H groups in total. The number of benzene rings is 8. The summed E-state index contributed by atoms with van der Waals surface area (Å²) in [5.74, 6) is 1.76. The van der Waals surface area contributed by atoms with Crippen molar-refractivity contribution >= 4 is 38.9 Å². The first-order chi connectivity index (χ1) is 25.3. The van der Waals surface area contributed by atoms with E-state index in [9.17, 15) is 0 Å². The fourth-order valence-corrected chi connectivity index (χ4v) is 7.69. The number of para-hydroxylation sites is 4. The summed E-state index contributed by atoms with van der Waals surface area (Å²) >= 11 is 0. The van der Waals surface area contributed by atoms with Crippen LogP contribution in [0, 0.1) is 0 Å². The monoisotopic (exact) mass is 652 g/mol. The molecule has 0 radical (unpaired) electrons. The van der Waals surface area contributed by atoms with Gasteiger partial charge in [0.1, 0.15) is 0 Å². The van der Waals surface area contributed by atoms with Crippen molar-refractivity contribution in [2.45, 2.75) is 0 Å². The van der Waals surface area contributed by atoms with Crippen molar-refractivity contribution in [1.82, 2.24) is 4.57 Å². The number of hydrogen-bond donors (Lipinski definition) is 0. The lowest BCUT2D eigenvalue weighted by Gasteiger charge is -2.28. The minimum atomic E-state index is 0.873. The quantitative estimate of drug-likeness (QED) is 0.178. The van der Waals surface area contributed by atoms with Gasteiger partial charge in [0.25, 0.3) is 0 Å². The van der Waals surface area contributed by atoms with Crippen LogP contribution in [0.1, 0.15) is 0 Å². The molecule has 1 aromatic heterocycles. The number of anilines is 3. The van der Waals surface area contributed by atoms with Crippen molar-refractivity contribution in [2.75, 3.05) is 4.90 Å². The Morgan fingerprint density at radius 3 is 1.80 bits per heavy atom. The van der Waals surface area contributed by atoms with Gasteiger partial charge in [-0.25, -0.2) is 0 Å². The van der Waals surface area contributed by atoms with E-state index in [1.807, 2.05) is 12.1 Å². The van der Waals surface area contributed by atoms with Gasteiger partial charge in [0.05, 0.1) is 22.4 Å². The maximum atomic E-state index is 6.40. The second-order valence-corrected chi connectivity index (χ2v) is 12.9. The van der Waals surface area contributed by atoms with Crippen LogP contribution in [-0.2, 0) is 0 Å². The van der Waals surface area contributed by atoms with Crippen LogP contribution in [0.3, 0.4) is 0 Å². The molecule has 0 atom stereocenters. The molecule has 1 aliphatic rings. The standard InChI is InChI=1S/C48H32N2O/c1-4-14-33(15-5-1)36-28-31-42(41(32-36)34-16-6-2-7-17-34)49(37-18-8-3-9-19-37)38-29-26-35(27-30-38)39-20-12-23-44-47(39)40-21-13-25-46-48(40)50(44)43-22-10-11-24-45(43)51-46/h1-32H. The number of nitrogens with zero attached hydrogens (tertiary/aromatic N) is 2. The summed E-state index contributed by atoms with van der Waals surface area (Å²) in [6.45, 7) is 0. The van der Waals surface area contributed by atoms with Gasteiger partial charge in [-0.15, -0.1) is 0 Å². The van der Waals surface area contributed by atoms with E-state index < -0.39 is 0 Å². The zero-order chi connectivity index (χ0) is 33.7. The minimum absolute atomic E-state index is 0.873. The Balaban J connectivity index is 1.14. The molecule has 0 fully saturated rings. The summed E-state index contributed by atoms with van der Waals surface area (Å²) in [6, 6.07) is 69.1. The fourth-order valence-electron chi connectivity index (χ4n) is 7.69.